The first-order valence-corrected chi connectivity index (χ1v) is 12.0. The first-order chi connectivity index (χ1) is 17.4. The van der Waals surface area contributed by atoms with Crippen molar-refractivity contribution in [1.82, 2.24) is 4.90 Å². The lowest BCUT2D eigenvalue weighted by Crippen LogP contribution is -2.31. The molecular formula is C28H30BNO6. The molecule has 3 aromatic rings. The third-order valence-corrected chi connectivity index (χ3v) is 6.18. The normalized spacial score (nSPS) is 17.0. The van der Waals surface area contributed by atoms with E-state index in [2.05, 4.69) is 0 Å². The fourth-order valence-corrected chi connectivity index (χ4v) is 4.33. The Bertz CT molecular complexity index is 1230. The second-order valence-corrected chi connectivity index (χ2v) is 8.76. The topological polar surface area (TPSA) is 74.3 Å². The van der Waals surface area contributed by atoms with E-state index in [9.17, 15) is 9.59 Å². The molecule has 0 spiro atoms. The van der Waals surface area contributed by atoms with E-state index in [-0.39, 0.29) is 30.6 Å². The Hall–Kier alpha value is -3.94. The van der Waals surface area contributed by atoms with Gasteiger partial charge in [-0.1, -0.05) is 54.0 Å². The second kappa shape index (κ2) is 11.2. The molecule has 1 saturated heterocycles. The summed E-state index contributed by atoms with van der Waals surface area (Å²) < 4.78 is 22.6. The Balaban J connectivity index is 1.59. The van der Waals surface area contributed by atoms with E-state index in [0.717, 1.165) is 22.2 Å². The van der Waals surface area contributed by atoms with Crippen molar-refractivity contribution in [2.45, 2.75) is 39.0 Å². The average Bonchev–Trinajstić information content (AvgIpc) is 3.15. The number of hydrogen-bond donors (Lipinski definition) is 0. The van der Waals surface area contributed by atoms with Gasteiger partial charge in [0.05, 0.1) is 32.7 Å². The van der Waals surface area contributed by atoms with Crippen molar-refractivity contribution in [2.24, 2.45) is 0 Å². The molecule has 0 bridgehead atoms. The predicted molar refractivity (Wildman–Crippen MR) is 139 cm³/mol. The van der Waals surface area contributed by atoms with Crippen LogP contribution in [0.4, 0.5) is 4.79 Å². The Labute approximate surface area is 212 Å². The molecule has 1 fully saturated rings. The van der Waals surface area contributed by atoms with Crippen molar-refractivity contribution in [1.29, 1.82) is 0 Å². The zero-order valence-electron chi connectivity index (χ0n) is 21.0. The first kappa shape index (κ1) is 25.2. The molecule has 36 heavy (non-hydrogen) atoms. The lowest BCUT2D eigenvalue weighted by molar-refractivity contribution is -0.142. The van der Waals surface area contributed by atoms with Gasteiger partial charge in [0.2, 0.25) is 0 Å². The number of carbonyl (C=O) groups is 2. The van der Waals surface area contributed by atoms with Gasteiger partial charge in [-0.05, 0) is 43.2 Å². The van der Waals surface area contributed by atoms with Gasteiger partial charge in [0.1, 0.15) is 19.7 Å². The highest BCUT2D eigenvalue weighted by Gasteiger charge is 2.39. The highest BCUT2D eigenvalue weighted by atomic mass is 16.6. The fourth-order valence-electron chi connectivity index (χ4n) is 4.33. The van der Waals surface area contributed by atoms with Crippen LogP contribution in [0.2, 0.25) is 0 Å². The summed E-state index contributed by atoms with van der Waals surface area (Å²) in [6.45, 7) is 4.41. The monoisotopic (exact) mass is 487 g/mol. The second-order valence-electron chi connectivity index (χ2n) is 8.76. The molecule has 0 N–H and O–H groups in total. The molecule has 1 heterocycles. The number of hydrogen-bond acceptors (Lipinski definition) is 6. The number of rotatable bonds is 9. The lowest BCUT2D eigenvalue weighted by Gasteiger charge is -2.23. The predicted octanol–water partition coefficient (Wildman–Crippen LogP) is 3.93. The van der Waals surface area contributed by atoms with Crippen LogP contribution in [0.3, 0.4) is 0 Å². The summed E-state index contributed by atoms with van der Waals surface area (Å²) in [7, 11) is 3.56. The Kier molecular flexibility index (Phi) is 7.83. The number of esters is 1. The molecule has 0 radical (unpaired) electrons. The molecule has 4 rings (SSSR count). The molecular weight excluding hydrogens is 457 g/mol. The van der Waals surface area contributed by atoms with E-state index < -0.39 is 0 Å². The molecule has 0 unspecified atom stereocenters. The molecule has 1 aliphatic heterocycles. The van der Waals surface area contributed by atoms with Crippen molar-refractivity contribution in [3.63, 3.8) is 0 Å². The number of amides is 1. The van der Waals surface area contributed by atoms with Gasteiger partial charge in [-0.25, -0.2) is 4.79 Å². The highest BCUT2D eigenvalue weighted by molar-refractivity contribution is 6.32. The van der Waals surface area contributed by atoms with Crippen LogP contribution >= 0.6 is 0 Å². The van der Waals surface area contributed by atoms with Crippen LogP contribution in [0, 0.1) is 0 Å². The van der Waals surface area contributed by atoms with Gasteiger partial charge >= 0.3 is 12.1 Å². The van der Waals surface area contributed by atoms with E-state index >= 15 is 0 Å². The quantitative estimate of drug-likeness (QED) is 0.337. The number of methoxy groups -OCH3 is 1. The minimum absolute atomic E-state index is 0.132. The Morgan fingerprint density at radius 3 is 2.50 bits per heavy atom. The zero-order chi connectivity index (χ0) is 25.7. The zero-order valence-corrected chi connectivity index (χ0v) is 21.0. The standard InChI is InChI=1S/C28H30BNO6/c1-4-34-26(31)15-19-10-12-24(33-3)25(14-19)35-23-13-11-22(29)16-21(23)17-30-18(2)27(36-28(30)32)20-8-6-5-7-9-20/h5-14,16,18,27H,4,15,17,29H2,1-3H3/t18-,27-/m0/s1. The van der Waals surface area contributed by atoms with Crippen molar-refractivity contribution < 1.29 is 28.5 Å². The molecule has 1 aliphatic rings. The minimum atomic E-state index is -0.363. The minimum Gasteiger partial charge on any atom is -0.493 e. The molecule has 186 valence electrons. The number of carbonyl (C=O) groups excluding carboxylic acids is 2. The fraction of sp³-hybridized carbons (Fsp3) is 0.286. The summed E-state index contributed by atoms with van der Waals surface area (Å²) in [5.74, 6) is 1.30. The average molecular weight is 487 g/mol. The lowest BCUT2D eigenvalue weighted by atomic mass is 9.93. The SMILES string of the molecule is Bc1ccc(Oc2cc(CC(=O)OCC)ccc2OC)c(CN2C(=O)O[C@H](c3ccccc3)[C@@H]2C)c1. The number of benzene rings is 3. The van der Waals surface area contributed by atoms with E-state index in [4.69, 9.17) is 18.9 Å². The van der Waals surface area contributed by atoms with E-state index in [1.165, 1.54) is 0 Å². The van der Waals surface area contributed by atoms with E-state index in [1.54, 1.807) is 31.1 Å². The summed E-state index contributed by atoms with van der Waals surface area (Å²) in [5, 5.41) is 0. The maximum Gasteiger partial charge on any atom is 0.411 e. The van der Waals surface area contributed by atoms with Gasteiger partial charge in [-0.15, -0.1) is 0 Å². The van der Waals surface area contributed by atoms with E-state index in [1.807, 2.05) is 69.4 Å². The van der Waals surface area contributed by atoms with Gasteiger partial charge in [0.25, 0.3) is 0 Å². The third kappa shape index (κ3) is 5.65. The van der Waals surface area contributed by atoms with Crippen LogP contribution in [-0.2, 0) is 27.2 Å². The Morgan fingerprint density at radius 1 is 1.03 bits per heavy atom. The van der Waals surface area contributed by atoms with Crippen LogP contribution in [-0.4, -0.2) is 44.6 Å². The van der Waals surface area contributed by atoms with Gasteiger partial charge in [-0.2, -0.15) is 0 Å². The van der Waals surface area contributed by atoms with E-state index in [0.29, 0.717) is 30.4 Å². The number of ether oxygens (including phenoxy) is 4. The van der Waals surface area contributed by atoms with Crippen molar-refractivity contribution >= 4 is 25.4 Å². The van der Waals surface area contributed by atoms with Crippen molar-refractivity contribution in [2.75, 3.05) is 13.7 Å². The molecule has 1 amide bonds. The molecule has 8 heteroatoms. The molecule has 7 nitrogen and oxygen atoms in total. The number of cyclic esters (lactones) is 1. The molecule has 0 saturated carbocycles. The molecule has 0 aliphatic carbocycles. The van der Waals surface area contributed by atoms with Crippen molar-refractivity contribution in [3.05, 3.63) is 83.4 Å². The largest absolute Gasteiger partial charge is 0.493 e. The van der Waals surface area contributed by atoms with Gasteiger partial charge in [-0.3, -0.25) is 9.69 Å². The van der Waals surface area contributed by atoms with Gasteiger partial charge < -0.3 is 18.9 Å². The van der Waals surface area contributed by atoms with Crippen LogP contribution in [0.5, 0.6) is 17.2 Å². The van der Waals surface area contributed by atoms with Crippen LogP contribution in [0.25, 0.3) is 0 Å². The molecule has 2 atom stereocenters. The molecule has 0 aromatic heterocycles. The van der Waals surface area contributed by atoms with Crippen molar-refractivity contribution in [3.8, 4) is 17.2 Å². The third-order valence-electron chi connectivity index (χ3n) is 6.18. The maximum atomic E-state index is 12.8. The maximum absolute atomic E-state index is 12.8. The summed E-state index contributed by atoms with van der Waals surface area (Å²) in [4.78, 5) is 26.5. The first-order valence-electron chi connectivity index (χ1n) is 12.0. The van der Waals surface area contributed by atoms with Gasteiger partial charge in [0, 0.05) is 5.56 Å². The highest BCUT2D eigenvalue weighted by Crippen LogP contribution is 2.37. The van der Waals surface area contributed by atoms with Crippen LogP contribution < -0.4 is 14.9 Å². The molecule has 3 aromatic carbocycles. The Morgan fingerprint density at radius 2 is 1.78 bits per heavy atom. The smallest absolute Gasteiger partial charge is 0.411 e. The number of nitrogens with zero attached hydrogens (tertiary/aromatic N) is 1. The van der Waals surface area contributed by atoms with Crippen LogP contribution in [0.15, 0.2) is 66.7 Å². The summed E-state index contributed by atoms with van der Waals surface area (Å²) in [6.07, 6.45) is -0.571. The summed E-state index contributed by atoms with van der Waals surface area (Å²) >= 11 is 0. The van der Waals surface area contributed by atoms with Gasteiger partial charge in [0.15, 0.2) is 11.5 Å². The summed E-state index contributed by atoms with van der Waals surface area (Å²) in [5.41, 5.74) is 3.59. The van der Waals surface area contributed by atoms with Crippen LogP contribution in [0.1, 0.15) is 36.6 Å². The summed E-state index contributed by atoms with van der Waals surface area (Å²) in [6, 6.07) is 20.8.